The van der Waals surface area contributed by atoms with Crippen LogP contribution in [0.25, 0.3) is 0 Å². The lowest BCUT2D eigenvalue weighted by atomic mass is 9.77. The highest BCUT2D eigenvalue weighted by Crippen LogP contribution is 2.35. The zero-order valence-corrected chi connectivity index (χ0v) is 26.6. The maximum atomic E-state index is 11.6. The van der Waals surface area contributed by atoms with Crippen molar-refractivity contribution in [2.45, 2.75) is 97.1 Å². The average Bonchev–Trinajstić information content (AvgIpc) is 2.90. The molecule has 0 unspecified atom stereocenters. The third-order valence-electron chi connectivity index (χ3n) is 7.25. The summed E-state index contributed by atoms with van der Waals surface area (Å²) in [5.74, 6) is -0.940. The summed E-state index contributed by atoms with van der Waals surface area (Å²) < 4.78 is 23.2. The topological polar surface area (TPSA) is 71.1 Å². The number of benzene rings is 2. The fourth-order valence-corrected chi connectivity index (χ4v) is 4.31. The molecule has 2 rings (SSSR count). The molecule has 0 saturated heterocycles. The van der Waals surface area contributed by atoms with Crippen LogP contribution in [-0.4, -0.2) is 36.4 Å². The standard InChI is InChI=1S/C35H48O6/c1-13-29(36)40-31(3,4)23-38-34(9,10)27-19-15-25(16-20-27)33(7,8)26-17-21-28(22-18-26)35(11,12)39-24-32(5,6)41-30(37)14-2/h13-22H,1-2,23-24H2,3-12H3. The molecule has 0 aromatic heterocycles. The quantitative estimate of drug-likeness (QED) is 0.174. The van der Waals surface area contributed by atoms with E-state index in [-0.39, 0.29) is 18.6 Å². The molecule has 6 heteroatoms. The molecular formula is C35H48O6. The normalized spacial score (nSPS) is 12.9. The van der Waals surface area contributed by atoms with E-state index in [0.717, 1.165) is 23.3 Å². The second-order valence-electron chi connectivity index (χ2n) is 13.1. The van der Waals surface area contributed by atoms with Crippen LogP contribution in [0.5, 0.6) is 0 Å². The third kappa shape index (κ3) is 9.40. The Morgan fingerprint density at radius 2 is 0.829 bits per heavy atom. The predicted octanol–water partition coefficient (Wildman–Crippen LogP) is 7.53. The van der Waals surface area contributed by atoms with Crippen LogP contribution < -0.4 is 0 Å². The Morgan fingerprint density at radius 3 is 1.10 bits per heavy atom. The maximum Gasteiger partial charge on any atom is 0.330 e. The lowest BCUT2D eigenvalue weighted by molar-refractivity contribution is -0.164. The van der Waals surface area contributed by atoms with E-state index in [2.05, 4.69) is 75.5 Å². The van der Waals surface area contributed by atoms with Crippen molar-refractivity contribution < 1.29 is 28.5 Å². The van der Waals surface area contributed by atoms with Crippen LogP contribution >= 0.6 is 0 Å². The van der Waals surface area contributed by atoms with E-state index >= 15 is 0 Å². The van der Waals surface area contributed by atoms with Gasteiger partial charge in [-0.1, -0.05) is 75.5 Å². The molecule has 0 aliphatic carbocycles. The molecule has 6 nitrogen and oxygen atoms in total. The molecule has 224 valence electrons. The molecule has 0 atom stereocenters. The number of rotatable bonds is 14. The Morgan fingerprint density at radius 1 is 0.561 bits per heavy atom. The zero-order chi connectivity index (χ0) is 31.3. The first-order valence-corrected chi connectivity index (χ1v) is 14.0. The van der Waals surface area contributed by atoms with Crippen molar-refractivity contribution in [1.82, 2.24) is 0 Å². The van der Waals surface area contributed by atoms with Gasteiger partial charge in [0.2, 0.25) is 0 Å². The van der Waals surface area contributed by atoms with Crippen LogP contribution in [0.4, 0.5) is 0 Å². The van der Waals surface area contributed by atoms with Gasteiger partial charge >= 0.3 is 11.9 Å². The molecule has 0 N–H and O–H groups in total. The summed E-state index contributed by atoms with van der Waals surface area (Å²) in [6, 6.07) is 16.9. The average molecular weight is 565 g/mol. The van der Waals surface area contributed by atoms with Gasteiger partial charge in [0.15, 0.2) is 0 Å². The molecule has 0 aliphatic heterocycles. The molecule has 0 heterocycles. The van der Waals surface area contributed by atoms with Gasteiger partial charge in [0, 0.05) is 17.6 Å². The summed E-state index contributed by atoms with van der Waals surface area (Å²) in [7, 11) is 0. The van der Waals surface area contributed by atoms with Gasteiger partial charge in [0.05, 0.1) is 24.4 Å². The third-order valence-corrected chi connectivity index (χ3v) is 7.25. The van der Waals surface area contributed by atoms with Gasteiger partial charge in [-0.05, 0) is 77.6 Å². The Bertz CT molecular complexity index is 1120. The molecule has 41 heavy (non-hydrogen) atoms. The highest BCUT2D eigenvalue weighted by Gasteiger charge is 2.31. The highest BCUT2D eigenvalue weighted by molar-refractivity contribution is 5.81. The molecule has 0 saturated carbocycles. The number of hydrogen-bond acceptors (Lipinski definition) is 6. The smallest absolute Gasteiger partial charge is 0.330 e. The van der Waals surface area contributed by atoms with Gasteiger partial charge in [0.25, 0.3) is 0 Å². The summed E-state index contributed by atoms with van der Waals surface area (Å²) in [5.41, 5.74) is 1.46. The monoisotopic (exact) mass is 564 g/mol. The number of carbonyl (C=O) groups excluding carboxylic acids is 2. The summed E-state index contributed by atoms with van der Waals surface area (Å²) in [6.07, 6.45) is 2.31. The maximum absolute atomic E-state index is 11.6. The van der Waals surface area contributed by atoms with Gasteiger partial charge in [-0.3, -0.25) is 0 Å². The van der Waals surface area contributed by atoms with Gasteiger partial charge in [0.1, 0.15) is 11.2 Å². The Balaban J connectivity index is 2.13. The second kappa shape index (κ2) is 12.7. The van der Waals surface area contributed by atoms with E-state index in [9.17, 15) is 9.59 Å². The van der Waals surface area contributed by atoms with Crippen LogP contribution in [-0.2, 0) is 45.2 Å². The molecular weight excluding hydrogens is 516 g/mol. The fraction of sp³-hybridized carbons (Fsp3) is 0.486. The molecule has 0 bridgehead atoms. The number of carbonyl (C=O) groups is 2. The number of esters is 2. The lowest BCUT2D eigenvalue weighted by Gasteiger charge is -2.33. The first-order valence-electron chi connectivity index (χ1n) is 14.0. The van der Waals surface area contributed by atoms with Crippen LogP contribution in [0.3, 0.4) is 0 Å². The summed E-state index contributed by atoms with van der Waals surface area (Å²) >= 11 is 0. The van der Waals surface area contributed by atoms with E-state index in [0.29, 0.717) is 0 Å². The van der Waals surface area contributed by atoms with Crippen LogP contribution in [0.2, 0.25) is 0 Å². The van der Waals surface area contributed by atoms with Crippen LogP contribution in [0, 0.1) is 0 Å². The van der Waals surface area contributed by atoms with E-state index in [1.54, 1.807) is 0 Å². The Kier molecular flexibility index (Phi) is 10.6. The molecule has 0 radical (unpaired) electrons. The molecule has 0 aliphatic rings. The largest absolute Gasteiger partial charge is 0.454 e. The van der Waals surface area contributed by atoms with Crippen molar-refractivity contribution in [3.05, 3.63) is 96.1 Å². The summed E-state index contributed by atoms with van der Waals surface area (Å²) in [6.45, 7) is 27.1. The van der Waals surface area contributed by atoms with Crippen molar-refractivity contribution in [2.75, 3.05) is 13.2 Å². The lowest BCUT2D eigenvalue weighted by Crippen LogP contribution is -2.37. The van der Waals surface area contributed by atoms with Crippen molar-refractivity contribution in [2.24, 2.45) is 0 Å². The number of hydrogen-bond donors (Lipinski definition) is 0. The molecule has 0 fully saturated rings. The first-order chi connectivity index (χ1) is 18.7. The second-order valence-corrected chi connectivity index (χ2v) is 13.1. The van der Waals surface area contributed by atoms with Crippen LogP contribution in [0.15, 0.2) is 73.8 Å². The zero-order valence-electron chi connectivity index (χ0n) is 26.6. The van der Waals surface area contributed by atoms with Gasteiger partial charge < -0.3 is 18.9 Å². The van der Waals surface area contributed by atoms with E-state index < -0.39 is 34.3 Å². The van der Waals surface area contributed by atoms with Gasteiger partial charge in [-0.25, -0.2) is 9.59 Å². The van der Waals surface area contributed by atoms with Crippen molar-refractivity contribution in [1.29, 1.82) is 0 Å². The van der Waals surface area contributed by atoms with Crippen molar-refractivity contribution >= 4 is 11.9 Å². The molecule has 2 aromatic rings. The Hall–Kier alpha value is -3.22. The predicted molar refractivity (Wildman–Crippen MR) is 164 cm³/mol. The minimum atomic E-state index is -0.773. The van der Waals surface area contributed by atoms with Gasteiger partial charge in [-0.2, -0.15) is 0 Å². The minimum Gasteiger partial charge on any atom is -0.454 e. The summed E-state index contributed by atoms with van der Waals surface area (Å²) in [5, 5.41) is 0. The van der Waals surface area contributed by atoms with Crippen LogP contribution in [0.1, 0.15) is 91.5 Å². The van der Waals surface area contributed by atoms with Crippen molar-refractivity contribution in [3.8, 4) is 0 Å². The number of ether oxygens (including phenoxy) is 4. The molecule has 0 spiro atoms. The SMILES string of the molecule is C=CC(=O)OC(C)(C)COC(C)(C)c1ccc(C(C)(C)c2ccc(C(C)(C)OCC(C)(C)OC(=O)C=C)cc2)cc1. The Labute approximate surface area is 246 Å². The fourth-order valence-electron chi connectivity index (χ4n) is 4.31. The summed E-state index contributed by atoms with van der Waals surface area (Å²) in [4.78, 5) is 23.2. The molecule has 2 aromatic carbocycles. The van der Waals surface area contributed by atoms with Crippen molar-refractivity contribution in [3.63, 3.8) is 0 Å². The molecule has 0 amide bonds. The van der Waals surface area contributed by atoms with E-state index in [1.165, 1.54) is 11.1 Å². The van der Waals surface area contributed by atoms with E-state index in [4.69, 9.17) is 18.9 Å². The minimum absolute atomic E-state index is 0.241. The van der Waals surface area contributed by atoms with E-state index in [1.807, 2.05) is 55.4 Å². The first kappa shape index (κ1) is 34.0. The van der Waals surface area contributed by atoms with Gasteiger partial charge in [-0.15, -0.1) is 0 Å². The highest BCUT2D eigenvalue weighted by atomic mass is 16.6.